The van der Waals surface area contributed by atoms with Gasteiger partial charge in [-0.15, -0.1) is 6.42 Å². The highest BCUT2D eigenvalue weighted by atomic mass is 16.1. The average Bonchev–Trinajstić information content (AvgIpc) is 2.40. The van der Waals surface area contributed by atoms with E-state index in [1.54, 1.807) is 0 Å². The van der Waals surface area contributed by atoms with E-state index >= 15 is 0 Å². The van der Waals surface area contributed by atoms with Gasteiger partial charge in [0.2, 0.25) is 5.78 Å². The Morgan fingerprint density at radius 3 is 1.95 bits per heavy atom. The summed E-state index contributed by atoms with van der Waals surface area (Å²) in [4.78, 5) is 46.7. The highest BCUT2D eigenvalue weighted by molar-refractivity contribution is 6.20. The van der Waals surface area contributed by atoms with Crippen molar-refractivity contribution in [1.82, 2.24) is 0 Å². The topological polar surface area (TPSA) is 68.3 Å². The first-order valence-electron chi connectivity index (χ1n) is 5.72. The van der Waals surface area contributed by atoms with Crippen LogP contribution in [0.5, 0.6) is 0 Å². The molecule has 0 aromatic heterocycles. The molecule has 0 unspecified atom stereocenters. The summed E-state index contributed by atoms with van der Waals surface area (Å²) in [6.45, 7) is 1.28. The van der Waals surface area contributed by atoms with E-state index in [1.807, 2.05) is 5.92 Å². The Balaban J connectivity index is 2.77. The lowest BCUT2D eigenvalue weighted by Gasteiger charge is -2.16. The predicted molar refractivity (Wildman–Crippen MR) is 67.5 cm³/mol. The predicted octanol–water partition coefficient (Wildman–Crippen LogP) is 1.86. The van der Waals surface area contributed by atoms with Crippen LogP contribution in [-0.4, -0.2) is 23.1 Å². The zero-order chi connectivity index (χ0) is 14.2. The molecular weight excluding hydrogens is 244 g/mol. The number of fused-ring (bicyclic) bond motifs is 1. The molecule has 0 heterocycles. The van der Waals surface area contributed by atoms with E-state index in [0.29, 0.717) is 0 Å². The lowest BCUT2D eigenvalue weighted by Crippen LogP contribution is -2.20. The first-order valence-corrected chi connectivity index (χ1v) is 5.72. The van der Waals surface area contributed by atoms with Crippen molar-refractivity contribution in [2.75, 3.05) is 0 Å². The van der Waals surface area contributed by atoms with Crippen LogP contribution in [0.3, 0.4) is 0 Å². The van der Waals surface area contributed by atoms with Gasteiger partial charge < -0.3 is 0 Å². The molecule has 94 valence electrons. The van der Waals surface area contributed by atoms with E-state index < -0.39 is 5.78 Å². The third-order valence-corrected chi connectivity index (χ3v) is 3.09. The molecule has 0 atom stereocenters. The molecule has 1 aliphatic rings. The standard InChI is InChI=1S/C15H10O4/c1-3-13(17)10-7-12-11(6-9(10)8(2)16)14(18)4-5-15(12)19/h1,6-7H,4-5H2,2H3. The first kappa shape index (κ1) is 12.9. The fourth-order valence-corrected chi connectivity index (χ4v) is 2.11. The summed E-state index contributed by atoms with van der Waals surface area (Å²) in [5, 5.41) is 0. The van der Waals surface area contributed by atoms with Gasteiger partial charge in [-0.1, -0.05) is 0 Å². The van der Waals surface area contributed by atoms with E-state index in [-0.39, 0.29) is 52.4 Å². The molecule has 0 spiro atoms. The molecule has 1 aliphatic carbocycles. The van der Waals surface area contributed by atoms with Crippen LogP contribution in [0.2, 0.25) is 0 Å². The zero-order valence-electron chi connectivity index (χ0n) is 10.3. The van der Waals surface area contributed by atoms with Crippen LogP contribution < -0.4 is 0 Å². The zero-order valence-corrected chi connectivity index (χ0v) is 10.3. The van der Waals surface area contributed by atoms with Crippen LogP contribution in [0.4, 0.5) is 0 Å². The summed E-state index contributed by atoms with van der Waals surface area (Å²) < 4.78 is 0. The van der Waals surface area contributed by atoms with Crippen molar-refractivity contribution in [2.45, 2.75) is 19.8 Å². The minimum absolute atomic E-state index is 0.0109. The number of hydrogen-bond acceptors (Lipinski definition) is 4. The molecule has 0 saturated heterocycles. The molecule has 2 rings (SSSR count). The summed E-state index contributed by atoms with van der Waals surface area (Å²) >= 11 is 0. The number of carbonyl (C=O) groups is 4. The number of ketones is 4. The maximum atomic E-state index is 11.8. The second kappa shape index (κ2) is 4.62. The molecule has 0 fully saturated rings. The van der Waals surface area contributed by atoms with Gasteiger partial charge in [0, 0.05) is 35.1 Å². The molecule has 0 aliphatic heterocycles. The molecule has 1 aromatic rings. The van der Waals surface area contributed by atoms with Crippen LogP contribution in [-0.2, 0) is 0 Å². The van der Waals surface area contributed by atoms with Crippen molar-refractivity contribution in [3.63, 3.8) is 0 Å². The highest BCUT2D eigenvalue weighted by Crippen LogP contribution is 2.25. The summed E-state index contributed by atoms with van der Waals surface area (Å²) in [6.07, 6.45) is 5.30. The third-order valence-electron chi connectivity index (χ3n) is 3.09. The number of benzene rings is 1. The van der Waals surface area contributed by atoms with Crippen LogP contribution in [0.25, 0.3) is 0 Å². The Kier molecular flexibility index (Phi) is 3.14. The fourth-order valence-electron chi connectivity index (χ4n) is 2.11. The lowest BCUT2D eigenvalue weighted by atomic mass is 9.85. The van der Waals surface area contributed by atoms with Gasteiger partial charge in [0.25, 0.3) is 0 Å². The van der Waals surface area contributed by atoms with Gasteiger partial charge in [-0.3, -0.25) is 19.2 Å². The normalized spacial score (nSPS) is 13.7. The molecule has 0 amide bonds. The Hall–Kier alpha value is -2.54. The van der Waals surface area contributed by atoms with E-state index in [9.17, 15) is 19.2 Å². The first-order chi connectivity index (χ1) is 8.95. The van der Waals surface area contributed by atoms with Crippen LogP contribution in [0.15, 0.2) is 12.1 Å². The minimum Gasteiger partial charge on any atom is -0.294 e. The second-order valence-electron chi connectivity index (χ2n) is 4.32. The monoisotopic (exact) mass is 254 g/mol. The quantitative estimate of drug-likeness (QED) is 0.459. The van der Waals surface area contributed by atoms with Gasteiger partial charge in [0.05, 0.1) is 0 Å². The minimum atomic E-state index is -0.668. The number of carbonyl (C=O) groups excluding carboxylic acids is 4. The maximum Gasteiger partial charge on any atom is 0.236 e. The van der Waals surface area contributed by atoms with Crippen molar-refractivity contribution in [3.05, 3.63) is 34.4 Å². The van der Waals surface area contributed by atoms with Crippen molar-refractivity contribution in [1.29, 1.82) is 0 Å². The summed E-state index contributed by atoms with van der Waals surface area (Å²) in [6, 6.07) is 2.58. The van der Waals surface area contributed by atoms with Crippen LogP contribution >= 0.6 is 0 Å². The van der Waals surface area contributed by atoms with Gasteiger partial charge in [-0.05, 0) is 25.0 Å². The van der Waals surface area contributed by atoms with Crippen molar-refractivity contribution >= 4 is 23.1 Å². The van der Waals surface area contributed by atoms with E-state index in [2.05, 4.69) is 0 Å². The molecule has 1 aromatic carbocycles. The smallest absolute Gasteiger partial charge is 0.236 e. The van der Waals surface area contributed by atoms with Gasteiger partial charge in [0.15, 0.2) is 17.3 Å². The fraction of sp³-hybridized carbons (Fsp3) is 0.200. The Labute approximate surface area is 109 Å². The van der Waals surface area contributed by atoms with E-state index in [4.69, 9.17) is 6.42 Å². The molecule has 0 saturated carbocycles. The Morgan fingerprint density at radius 2 is 1.53 bits per heavy atom. The Morgan fingerprint density at radius 1 is 1.05 bits per heavy atom. The lowest BCUT2D eigenvalue weighted by molar-refractivity contribution is 0.0889. The summed E-state index contributed by atoms with van der Waals surface area (Å²) in [5.41, 5.74) is 0.483. The van der Waals surface area contributed by atoms with Crippen molar-refractivity contribution in [3.8, 4) is 12.3 Å². The van der Waals surface area contributed by atoms with Gasteiger partial charge >= 0.3 is 0 Å². The van der Waals surface area contributed by atoms with Crippen LogP contribution in [0, 0.1) is 12.3 Å². The van der Waals surface area contributed by atoms with Gasteiger partial charge in [-0.2, -0.15) is 0 Å². The summed E-state index contributed by atoms with van der Waals surface area (Å²) in [7, 11) is 0. The molecular formula is C15H10O4. The molecule has 0 N–H and O–H groups in total. The largest absolute Gasteiger partial charge is 0.294 e. The molecule has 19 heavy (non-hydrogen) atoms. The summed E-state index contributed by atoms with van der Waals surface area (Å²) in [5.74, 6) is 0.476. The molecule has 4 heteroatoms. The number of rotatable bonds is 2. The number of terminal acetylenes is 1. The highest BCUT2D eigenvalue weighted by Gasteiger charge is 2.27. The Bertz CT molecular complexity index is 674. The van der Waals surface area contributed by atoms with E-state index in [0.717, 1.165) is 0 Å². The van der Waals surface area contributed by atoms with Gasteiger partial charge in [0.1, 0.15) is 0 Å². The van der Waals surface area contributed by atoms with Gasteiger partial charge in [-0.25, -0.2) is 0 Å². The third kappa shape index (κ3) is 2.11. The SMILES string of the molecule is C#CC(=O)c1cc2c(cc1C(C)=O)C(=O)CCC2=O. The average molecular weight is 254 g/mol. The van der Waals surface area contributed by atoms with Crippen molar-refractivity contribution < 1.29 is 19.2 Å². The maximum absolute atomic E-state index is 11.8. The number of Topliss-reactive ketones (excluding diaryl/α,β-unsaturated/α-hetero) is 4. The second-order valence-corrected chi connectivity index (χ2v) is 4.32. The molecule has 4 nitrogen and oxygen atoms in total. The van der Waals surface area contributed by atoms with Crippen molar-refractivity contribution in [2.24, 2.45) is 0 Å². The molecule has 0 bridgehead atoms. The van der Waals surface area contributed by atoms with Crippen LogP contribution in [0.1, 0.15) is 61.2 Å². The number of hydrogen-bond donors (Lipinski definition) is 0. The molecule has 0 radical (unpaired) electrons. The van der Waals surface area contributed by atoms with E-state index in [1.165, 1.54) is 19.1 Å².